The van der Waals surface area contributed by atoms with Gasteiger partial charge in [0.25, 0.3) is 5.69 Å². The number of ether oxygens (including phenoxy) is 1. The van der Waals surface area contributed by atoms with Crippen LogP contribution < -0.4 is 10.1 Å². The minimum Gasteiger partial charge on any atom is -0.484 e. The number of nitro benzene ring substituents is 1. The van der Waals surface area contributed by atoms with E-state index in [4.69, 9.17) is 4.74 Å². The third-order valence-electron chi connectivity index (χ3n) is 3.16. The molecule has 0 heterocycles. The van der Waals surface area contributed by atoms with E-state index >= 15 is 0 Å². The molecular weight excluding hydrogens is 258 g/mol. The van der Waals surface area contributed by atoms with E-state index in [-0.39, 0.29) is 6.10 Å². The van der Waals surface area contributed by atoms with Gasteiger partial charge < -0.3 is 10.1 Å². The molecule has 1 fully saturated rings. The molecule has 1 saturated carbocycles. The zero-order valence-electron chi connectivity index (χ0n) is 10.4. The highest BCUT2D eigenvalue weighted by Crippen LogP contribution is 2.34. The first-order valence-electron chi connectivity index (χ1n) is 5.96. The van der Waals surface area contributed by atoms with Crippen LogP contribution in [0.1, 0.15) is 12.8 Å². The van der Waals surface area contributed by atoms with Crippen molar-refractivity contribution >= 4 is 5.69 Å². The van der Waals surface area contributed by atoms with E-state index in [0.29, 0.717) is 18.1 Å². The van der Waals surface area contributed by atoms with Crippen LogP contribution in [0.2, 0.25) is 0 Å². The van der Waals surface area contributed by atoms with E-state index in [0.717, 1.165) is 19.4 Å². The first-order chi connectivity index (χ1) is 9.01. The molecule has 1 aromatic rings. The lowest BCUT2D eigenvalue weighted by molar-refractivity contribution is -0.385. The second-order valence-electron chi connectivity index (χ2n) is 4.63. The summed E-state index contributed by atoms with van der Waals surface area (Å²) >= 11 is 0. The van der Waals surface area contributed by atoms with Gasteiger partial charge in [-0.1, -0.05) is 0 Å². The summed E-state index contributed by atoms with van der Waals surface area (Å²) in [6.45, 7) is 0.838. The lowest BCUT2D eigenvalue weighted by atomic mass is 9.82. The fraction of sp³-hybridized carbons (Fsp3) is 0.500. The second-order valence-corrected chi connectivity index (χ2v) is 4.63. The Morgan fingerprint density at radius 1 is 1.42 bits per heavy atom. The summed E-state index contributed by atoms with van der Waals surface area (Å²) in [7, 11) is 1.84. The van der Waals surface area contributed by atoms with E-state index in [1.165, 1.54) is 0 Å². The van der Waals surface area contributed by atoms with Gasteiger partial charge in [0.05, 0.1) is 23.2 Å². The summed E-state index contributed by atoms with van der Waals surface area (Å²) in [6.07, 6.45) is 1.21. The third-order valence-corrected chi connectivity index (χ3v) is 3.16. The Balaban J connectivity index is 2.04. The molecule has 104 valence electrons. The van der Waals surface area contributed by atoms with E-state index in [9.17, 15) is 18.9 Å². The lowest BCUT2D eigenvalue weighted by Crippen LogP contribution is -2.39. The maximum atomic E-state index is 13.6. The maximum absolute atomic E-state index is 13.6. The number of hydrogen-bond acceptors (Lipinski definition) is 4. The predicted molar refractivity (Wildman–Crippen MR) is 64.1 cm³/mol. The van der Waals surface area contributed by atoms with Crippen LogP contribution in [0.3, 0.4) is 0 Å². The third kappa shape index (κ3) is 2.98. The number of hydrogen-bond donors (Lipinski definition) is 1. The average molecular weight is 272 g/mol. The summed E-state index contributed by atoms with van der Waals surface area (Å²) in [5.41, 5.74) is -0.621. The molecule has 0 amide bonds. The predicted octanol–water partition coefficient (Wildman–Crippen LogP) is 2.25. The number of rotatable bonds is 5. The summed E-state index contributed by atoms with van der Waals surface area (Å²) in [5, 5.41) is 13.5. The van der Waals surface area contributed by atoms with Crippen LogP contribution in [0.5, 0.6) is 5.75 Å². The number of non-ortho nitro benzene ring substituents is 1. The normalized spacial score (nSPS) is 21.8. The van der Waals surface area contributed by atoms with Crippen molar-refractivity contribution in [2.75, 3.05) is 13.6 Å². The van der Waals surface area contributed by atoms with Gasteiger partial charge >= 0.3 is 0 Å². The molecule has 1 aliphatic rings. The molecule has 0 saturated heterocycles. The van der Waals surface area contributed by atoms with Crippen LogP contribution in [0.4, 0.5) is 14.5 Å². The van der Waals surface area contributed by atoms with Crippen molar-refractivity contribution < 1.29 is 18.4 Å². The number of benzene rings is 1. The quantitative estimate of drug-likeness (QED) is 0.659. The van der Waals surface area contributed by atoms with E-state index in [1.54, 1.807) is 0 Å². The summed E-state index contributed by atoms with van der Waals surface area (Å²) in [4.78, 5) is 9.60. The second kappa shape index (κ2) is 5.48. The zero-order chi connectivity index (χ0) is 14.0. The van der Waals surface area contributed by atoms with Crippen molar-refractivity contribution in [1.82, 2.24) is 5.32 Å². The van der Waals surface area contributed by atoms with Gasteiger partial charge in [-0.25, -0.2) is 8.78 Å². The fourth-order valence-corrected chi connectivity index (χ4v) is 2.16. The van der Waals surface area contributed by atoms with Crippen LogP contribution >= 0.6 is 0 Å². The molecule has 0 radical (unpaired) electrons. The minimum atomic E-state index is -1.04. The van der Waals surface area contributed by atoms with Gasteiger partial charge in [-0.3, -0.25) is 10.1 Å². The molecule has 0 bridgehead atoms. The van der Waals surface area contributed by atoms with Gasteiger partial charge in [-0.15, -0.1) is 0 Å². The number of nitrogens with one attached hydrogen (secondary N) is 1. The first-order valence-corrected chi connectivity index (χ1v) is 5.96. The number of nitro groups is 1. The molecule has 1 N–H and O–H groups in total. The Labute approximate surface area is 108 Å². The van der Waals surface area contributed by atoms with Crippen LogP contribution in [-0.2, 0) is 0 Å². The van der Waals surface area contributed by atoms with Crippen LogP contribution in [-0.4, -0.2) is 24.6 Å². The highest BCUT2D eigenvalue weighted by molar-refractivity contribution is 5.39. The van der Waals surface area contributed by atoms with E-state index < -0.39 is 28.0 Å². The Morgan fingerprint density at radius 3 is 2.47 bits per heavy atom. The molecule has 19 heavy (non-hydrogen) atoms. The van der Waals surface area contributed by atoms with Gasteiger partial charge in [-0.2, -0.15) is 0 Å². The molecule has 0 unspecified atom stereocenters. The molecule has 1 aromatic carbocycles. The lowest BCUT2D eigenvalue weighted by Gasteiger charge is -2.35. The van der Waals surface area contributed by atoms with Crippen molar-refractivity contribution in [2.24, 2.45) is 5.92 Å². The monoisotopic (exact) mass is 272 g/mol. The van der Waals surface area contributed by atoms with Crippen molar-refractivity contribution in [2.45, 2.75) is 18.9 Å². The van der Waals surface area contributed by atoms with Crippen LogP contribution in [0.25, 0.3) is 0 Å². The number of halogens is 2. The first kappa shape index (κ1) is 13.7. The topological polar surface area (TPSA) is 64.4 Å². The molecule has 0 atom stereocenters. The molecule has 0 aromatic heterocycles. The highest BCUT2D eigenvalue weighted by Gasteiger charge is 2.32. The molecular formula is C12H14F2N2O3. The number of nitrogens with zero attached hydrogens (tertiary/aromatic N) is 1. The standard InChI is InChI=1S/C12H14F2N2O3/c1-15-6-7-2-9(3-7)19-12-10(13)4-8(16(17)18)5-11(12)14/h4-5,7,9,15H,2-3,6H2,1H3. The van der Waals surface area contributed by atoms with Gasteiger partial charge in [-0.05, 0) is 32.4 Å². The Hall–Kier alpha value is -1.76. The fourth-order valence-electron chi connectivity index (χ4n) is 2.16. The minimum absolute atomic E-state index is 0.233. The van der Waals surface area contributed by atoms with Crippen LogP contribution in [0, 0.1) is 27.7 Å². The molecule has 0 spiro atoms. The molecule has 0 aliphatic heterocycles. The summed E-state index contributed by atoms with van der Waals surface area (Å²) in [6, 6.07) is 1.34. The van der Waals surface area contributed by atoms with Crippen molar-refractivity contribution in [3.8, 4) is 5.75 Å². The van der Waals surface area contributed by atoms with Crippen molar-refractivity contribution in [3.05, 3.63) is 33.9 Å². The summed E-state index contributed by atoms with van der Waals surface area (Å²) in [5.74, 6) is -2.16. The van der Waals surface area contributed by atoms with Crippen molar-refractivity contribution in [1.29, 1.82) is 0 Å². The largest absolute Gasteiger partial charge is 0.484 e. The Morgan fingerprint density at radius 2 is 2.00 bits per heavy atom. The highest BCUT2D eigenvalue weighted by atomic mass is 19.1. The molecule has 5 nitrogen and oxygen atoms in total. The smallest absolute Gasteiger partial charge is 0.275 e. The summed E-state index contributed by atoms with van der Waals surface area (Å²) < 4.78 is 32.3. The SMILES string of the molecule is CNCC1CC(Oc2c(F)cc([N+](=O)[O-])cc2F)C1. The Bertz CT molecular complexity index is 467. The van der Waals surface area contributed by atoms with Gasteiger partial charge in [0.1, 0.15) is 0 Å². The van der Waals surface area contributed by atoms with Crippen LogP contribution in [0.15, 0.2) is 12.1 Å². The van der Waals surface area contributed by atoms with Gasteiger partial charge in [0.2, 0.25) is 0 Å². The zero-order valence-corrected chi connectivity index (χ0v) is 10.4. The average Bonchev–Trinajstić information content (AvgIpc) is 2.29. The van der Waals surface area contributed by atoms with Crippen molar-refractivity contribution in [3.63, 3.8) is 0 Å². The molecule has 2 rings (SSSR count). The molecule has 1 aliphatic carbocycles. The van der Waals surface area contributed by atoms with Gasteiger partial charge in [0.15, 0.2) is 17.4 Å². The van der Waals surface area contributed by atoms with Gasteiger partial charge in [0, 0.05) is 0 Å². The van der Waals surface area contributed by atoms with E-state index in [1.807, 2.05) is 7.05 Å². The molecule has 7 heteroatoms. The maximum Gasteiger partial charge on any atom is 0.275 e. The van der Waals surface area contributed by atoms with E-state index in [2.05, 4.69) is 5.32 Å². The Kier molecular flexibility index (Phi) is 3.94.